The van der Waals surface area contributed by atoms with Crippen LogP contribution in [0, 0.1) is 12.7 Å². The van der Waals surface area contributed by atoms with E-state index in [4.69, 9.17) is 16.2 Å². The summed E-state index contributed by atoms with van der Waals surface area (Å²) in [5.74, 6) is -1.11. The third-order valence-corrected chi connectivity index (χ3v) is 2.55. The van der Waals surface area contributed by atoms with Crippen molar-refractivity contribution in [2.75, 3.05) is 5.73 Å². The summed E-state index contributed by atoms with van der Waals surface area (Å²) in [5, 5.41) is 0. The number of benzene rings is 1. The number of carbonyl (C=O) groups excluding carboxylic acids is 1. The van der Waals surface area contributed by atoms with Crippen molar-refractivity contribution in [2.45, 2.75) is 6.92 Å². The van der Waals surface area contributed by atoms with Gasteiger partial charge in [-0.25, -0.2) is 9.37 Å². The standard InChI is InChI=1S/C13H12FN3O2/c1-7-3-2-4-10(12(7)14)19-11-5-8(13(16)18)9(15)6-17-11/h2-6H,15H2,1H3,(H2,16,18). The number of rotatable bonds is 3. The van der Waals surface area contributed by atoms with Crippen LogP contribution in [-0.2, 0) is 0 Å². The highest BCUT2D eigenvalue weighted by Gasteiger charge is 2.11. The summed E-state index contributed by atoms with van der Waals surface area (Å²) in [5.41, 5.74) is 11.4. The first-order chi connectivity index (χ1) is 8.99. The number of pyridine rings is 1. The van der Waals surface area contributed by atoms with Crippen molar-refractivity contribution in [3.8, 4) is 11.6 Å². The van der Waals surface area contributed by atoms with Crippen LogP contribution in [0.4, 0.5) is 10.1 Å². The quantitative estimate of drug-likeness (QED) is 0.884. The Balaban J connectivity index is 2.36. The van der Waals surface area contributed by atoms with E-state index in [9.17, 15) is 9.18 Å². The molecule has 0 saturated heterocycles. The fraction of sp³-hybridized carbons (Fsp3) is 0.0769. The average molecular weight is 261 g/mol. The molecule has 0 aliphatic heterocycles. The number of anilines is 1. The lowest BCUT2D eigenvalue weighted by molar-refractivity contribution is 0.100. The van der Waals surface area contributed by atoms with E-state index >= 15 is 0 Å². The minimum Gasteiger partial charge on any atom is -0.436 e. The zero-order chi connectivity index (χ0) is 14.0. The minimum atomic E-state index is -0.700. The van der Waals surface area contributed by atoms with Gasteiger partial charge < -0.3 is 16.2 Å². The molecule has 0 aliphatic rings. The van der Waals surface area contributed by atoms with Crippen molar-refractivity contribution in [3.63, 3.8) is 0 Å². The van der Waals surface area contributed by atoms with E-state index in [-0.39, 0.29) is 22.9 Å². The lowest BCUT2D eigenvalue weighted by atomic mass is 10.2. The normalized spacial score (nSPS) is 10.2. The number of nitrogens with zero attached hydrogens (tertiary/aromatic N) is 1. The summed E-state index contributed by atoms with van der Waals surface area (Å²) < 4.78 is 19.0. The fourth-order valence-corrected chi connectivity index (χ4v) is 1.53. The molecule has 6 heteroatoms. The Kier molecular flexibility index (Phi) is 3.33. The number of primary amides is 1. The predicted molar refractivity (Wildman–Crippen MR) is 68.4 cm³/mol. The first kappa shape index (κ1) is 12.8. The maximum absolute atomic E-state index is 13.8. The molecule has 0 unspecified atom stereocenters. The monoisotopic (exact) mass is 261 g/mol. The molecule has 0 saturated carbocycles. The zero-order valence-electron chi connectivity index (χ0n) is 10.2. The SMILES string of the molecule is Cc1cccc(Oc2cc(C(N)=O)c(N)cn2)c1F. The summed E-state index contributed by atoms with van der Waals surface area (Å²) in [7, 11) is 0. The van der Waals surface area contributed by atoms with Gasteiger partial charge in [-0.1, -0.05) is 12.1 Å². The van der Waals surface area contributed by atoms with Crippen LogP contribution >= 0.6 is 0 Å². The largest absolute Gasteiger partial charge is 0.436 e. The molecule has 4 N–H and O–H groups in total. The van der Waals surface area contributed by atoms with Gasteiger partial charge in [0, 0.05) is 6.07 Å². The molecular weight excluding hydrogens is 249 g/mol. The maximum atomic E-state index is 13.8. The second-order valence-electron chi connectivity index (χ2n) is 3.96. The molecule has 19 heavy (non-hydrogen) atoms. The topological polar surface area (TPSA) is 91.2 Å². The molecule has 1 aromatic heterocycles. The number of hydrogen-bond acceptors (Lipinski definition) is 4. The summed E-state index contributed by atoms with van der Waals surface area (Å²) in [6, 6.07) is 6.01. The van der Waals surface area contributed by atoms with Crippen molar-refractivity contribution in [1.29, 1.82) is 0 Å². The van der Waals surface area contributed by atoms with Gasteiger partial charge in [0.2, 0.25) is 5.88 Å². The highest BCUT2D eigenvalue weighted by molar-refractivity contribution is 5.98. The molecule has 5 nitrogen and oxygen atoms in total. The molecule has 0 bridgehead atoms. The number of carbonyl (C=O) groups is 1. The lowest BCUT2D eigenvalue weighted by Crippen LogP contribution is -2.14. The van der Waals surface area contributed by atoms with Crippen LogP contribution in [0.5, 0.6) is 11.6 Å². The number of hydrogen-bond donors (Lipinski definition) is 2. The van der Waals surface area contributed by atoms with E-state index in [1.54, 1.807) is 19.1 Å². The van der Waals surface area contributed by atoms with E-state index in [2.05, 4.69) is 4.98 Å². The van der Waals surface area contributed by atoms with E-state index in [0.29, 0.717) is 5.56 Å². The van der Waals surface area contributed by atoms with E-state index in [1.807, 2.05) is 0 Å². The molecule has 1 amide bonds. The Bertz CT molecular complexity index is 644. The molecule has 0 atom stereocenters. The van der Waals surface area contributed by atoms with Crippen molar-refractivity contribution >= 4 is 11.6 Å². The molecule has 0 aliphatic carbocycles. The van der Waals surface area contributed by atoms with Crippen LogP contribution in [0.1, 0.15) is 15.9 Å². The zero-order valence-corrected chi connectivity index (χ0v) is 10.2. The first-order valence-electron chi connectivity index (χ1n) is 5.47. The van der Waals surface area contributed by atoms with Gasteiger partial charge in [-0.3, -0.25) is 4.79 Å². The van der Waals surface area contributed by atoms with Crippen LogP contribution < -0.4 is 16.2 Å². The predicted octanol–water partition coefficient (Wildman–Crippen LogP) is 2.00. The summed E-state index contributed by atoms with van der Waals surface area (Å²) >= 11 is 0. The van der Waals surface area contributed by atoms with Gasteiger partial charge in [0.1, 0.15) is 0 Å². The second kappa shape index (κ2) is 4.93. The molecule has 0 radical (unpaired) electrons. The Morgan fingerprint density at radius 1 is 1.42 bits per heavy atom. The Morgan fingerprint density at radius 3 is 2.84 bits per heavy atom. The molecule has 1 aromatic carbocycles. The van der Waals surface area contributed by atoms with Crippen molar-refractivity contribution < 1.29 is 13.9 Å². The van der Waals surface area contributed by atoms with Crippen LogP contribution in [0.15, 0.2) is 30.5 Å². The summed E-state index contributed by atoms with van der Waals surface area (Å²) in [6.45, 7) is 1.62. The van der Waals surface area contributed by atoms with E-state index in [0.717, 1.165) is 0 Å². The van der Waals surface area contributed by atoms with Crippen LogP contribution in [0.2, 0.25) is 0 Å². The van der Waals surface area contributed by atoms with Crippen LogP contribution in [0.3, 0.4) is 0 Å². The van der Waals surface area contributed by atoms with Gasteiger partial charge in [-0.15, -0.1) is 0 Å². The minimum absolute atomic E-state index is 0.0210. The molecule has 0 fully saturated rings. The van der Waals surface area contributed by atoms with Gasteiger partial charge >= 0.3 is 0 Å². The van der Waals surface area contributed by atoms with Gasteiger partial charge in [0.15, 0.2) is 11.6 Å². The number of nitrogens with two attached hydrogens (primary N) is 2. The maximum Gasteiger partial charge on any atom is 0.251 e. The van der Waals surface area contributed by atoms with E-state index < -0.39 is 11.7 Å². The molecule has 2 aromatic rings. The first-order valence-corrected chi connectivity index (χ1v) is 5.47. The van der Waals surface area contributed by atoms with Gasteiger partial charge in [0.25, 0.3) is 5.91 Å². The van der Waals surface area contributed by atoms with Gasteiger partial charge in [-0.2, -0.15) is 0 Å². The summed E-state index contributed by atoms with van der Waals surface area (Å²) in [4.78, 5) is 15.0. The number of amides is 1. The number of ether oxygens (including phenoxy) is 1. The number of aromatic nitrogens is 1. The Morgan fingerprint density at radius 2 is 2.16 bits per heavy atom. The summed E-state index contributed by atoms with van der Waals surface area (Å²) in [6.07, 6.45) is 1.24. The highest BCUT2D eigenvalue weighted by Crippen LogP contribution is 2.26. The molecule has 2 rings (SSSR count). The second-order valence-corrected chi connectivity index (χ2v) is 3.96. The molecule has 1 heterocycles. The average Bonchev–Trinajstić information content (AvgIpc) is 2.37. The number of aryl methyl sites for hydroxylation is 1. The van der Waals surface area contributed by atoms with Crippen LogP contribution in [0.25, 0.3) is 0 Å². The third kappa shape index (κ3) is 2.62. The highest BCUT2D eigenvalue weighted by atomic mass is 19.1. The van der Waals surface area contributed by atoms with Crippen LogP contribution in [-0.4, -0.2) is 10.9 Å². The lowest BCUT2D eigenvalue weighted by Gasteiger charge is -2.08. The molecule has 0 spiro atoms. The smallest absolute Gasteiger partial charge is 0.251 e. The fourth-order valence-electron chi connectivity index (χ4n) is 1.53. The number of nitrogen functional groups attached to an aromatic ring is 1. The molecular formula is C13H12FN3O2. The van der Waals surface area contributed by atoms with E-state index in [1.165, 1.54) is 18.3 Å². The third-order valence-electron chi connectivity index (χ3n) is 2.55. The molecule has 98 valence electrons. The van der Waals surface area contributed by atoms with Crippen molar-refractivity contribution in [3.05, 3.63) is 47.4 Å². The van der Waals surface area contributed by atoms with Crippen molar-refractivity contribution in [1.82, 2.24) is 4.98 Å². The van der Waals surface area contributed by atoms with Crippen molar-refractivity contribution in [2.24, 2.45) is 5.73 Å². The Labute approximate surface area is 109 Å². The number of halogens is 1. The van der Waals surface area contributed by atoms with Gasteiger partial charge in [0.05, 0.1) is 17.4 Å². The van der Waals surface area contributed by atoms with Gasteiger partial charge in [-0.05, 0) is 18.6 Å². The Hall–Kier alpha value is -2.63.